The van der Waals surface area contributed by atoms with Gasteiger partial charge in [-0.3, -0.25) is 0 Å². The van der Waals surface area contributed by atoms with E-state index in [0.29, 0.717) is 23.1 Å². The highest BCUT2D eigenvalue weighted by Gasteiger charge is 2.44. The molecular formula is C22H26N2O4S. The van der Waals surface area contributed by atoms with E-state index in [2.05, 4.69) is 23.1 Å². The fourth-order valence-electron chi connectivity index (χ4n) is 4.92. The molecule has 0 aromatic heterocycles. The minimum absolute atomic E-state index is 0.0863. The predicted octanol–water partition coefficient (Wildman–Crippen LogP) is 3.15. The maximum absolute atomic E-state index is 13.4. The van der Waals surface area contributed by atoms with Crippen molar-refractivity contribution in [2.24, 2.45) is 0 Å². The minimum atomic E-state index is -3.56. The molecule has 5 rings (SSSR count). The van der Waals surface area contributed by atoms with Gasteiger partial charge in [-0.1, -0.05) is 6.07 Å². The minimum Gasteiger partial charge on any atom is -0.497 e. The van der Waals surface area contributed by atoms with Crippen LogP contribution in [-0.4, -0.2) is 52.7 Å². The fraction of sp³-hybridized carbons (Fsp3) is 0.455. The van der Waals surface area contributed by atoms with Crippen molar-refractivity contribution in [1.82, 2.24) is 4.31 Å². The number of anilines is 1. The number of sulfonamides is 1. The lowest BCUT2D eigenvalue weighted by molar-refractivity contribution is 0.122. The highest BCUT2D eigenvalue weighted by Crippen LogP contribution is 2.51. The van der Waals surface area contributed by atoms with Crippen LogP contribution in [0.4, 0.5) is 5.69 Å². The largest absolute Gasteiger partial charge is 0.497 e. The molecule has 3 aliphatic rings. The summed E-state index contributed by atoms with van der Waals surface area (Å²) in [5, 5.41) is 0. The van der Waals surface area contributed by atoms with E-state index in [9.17, 15) is 8.42 Å². The number of piperidine rings is 1. The van der Waals surface area contributed by atoms with Crippen molar-refractivity contribution in [3.63, 3.8) is 0 Å². The topological polar surface area (TPSA) is 59.1 Å². The highest BCUT2D eigenvalue weighted by molar-refractivity contribution is 7.89. The Hall–Kier alpha value is -2.09. The van der Waals surface area contributed by atoms with Crippen LogP contribution in [0.2, 0.25) is 0 Å². The number of nitrogens with zero attached hydrogens (tertiary/aromatic N) is 2. The van der Waals surface area contributed by atoms with Crippen LogP contribution in [0.3, 0.4) is 0 Å². The second-order valence-electron chi connectivity index (χ2n) is 7.94. The molecule has 2 bridgehead atoms. The molecule has 2 aliphatic heterocycles. The number of rotatable bonds is 4. The monoisotopic (exact) mass is 414 g/mol. The van der Waals surface area contributed by atoms with E-state index in [0.717, 1.165) is 39.1 Å². The van der Waals surface area contributed by atoms with Gasteiger partial charge in [-0.15, -0.1) is 0 Å². The fourth-order valence-corrected chi connectivity index (χ4v) is 6.55. The molecule has 0 radical (unpaired) electrons. The van der Waals surface area contributed by atoms with E-state index in [1.54, 1.807) is 35.7 Å². The first-order valence-electron chi connectivity index (χ1n) is 10.2. The molecule has 154 valence electrons. The van der Waals surface area contributed by atoms with Crippen LogP contribution >= 0.6 is 0 Å². The van der Waals surface area contributed by atoms with Gasteiger partial charge in [0.2, 0.25) is 10.0 Å². The molecule has 2 aromatic carbocycles. The molecule has 1 aliphatic carbocycles. The lowest BCUT2D eigenvalue weighted by Crippen LogP contribution is -2.38. The van der Waals surface area contributed by atoms with Crippen LogP contribution in [0.25, 0.3) is 0 Å². The van der Waals surface area contributed by atoms with Gasteiger partial charge in [0, 0.05) is 25.3 Å². The molecule has 2 aromatic rings. The van der Waals surface area contributed by atoms with Gasteiger partial charge in [-0.25, -0.2) is 8.42 Å². The Morgan fingerprint density at radius 2 is 1.76 bits per heavy atom. The normalized spacial score (nSPS) is 24.4. The summed E-state index contributed by atoms with van der Waals surface area (Å²) < 4.78 is 39.2. The number of ether oxygens (including phenoxy) is 2. The van der Waals surface area contributed by atoms with Crippen LogP contribution in [-0.2, 0) is 14.8 Å². The summed E-state index contributed by atoms with van der Waals surface area (Å²) in [6.07, 6.45) is 1.74. The van der Waals surface area contributed by atoms with Gasteiger partial charge in [-0.2, -0.15) is 4.31 Å². The Kier molecular flexibility index (Phi) is 4.76. The Balaban J connectivity index is 1.48. The van der Waals surface area contributed by atoms with Gasteiger partial charge in [0.25, 0.3) is 0 Å². The molecule has 7 heteroatoms. The van der Waals surface area contributed by atoms with Gasteiger partial charge in [-0.05, 0) is 66.3 Å². The van der Waals surface area contributed by atoms with Crippen molar-refractivity contribution in [3.8, 4) is 5.75 Å². The van der Waals surface area contributed by atoms with E-state index in [1.807, 2.05) is 0 Å². The Morgan fingerprint density at radius 1 is 1.00 bits per heavy atom. The number of methoxy groups -OCH3 is 1. The molecule has 29 heavy (non-hydrogen) atoms. The summed E-state index contributed by atoms with van der Waals surface area (Å²) in [6.45, 7) is 3.79. The summed E-state index contributed by atoms with van der Waals surface area (Å²) in [7, 11) is -1.98. The molecule has 2 fully saturated rings. The zero-order valence-corrected chi connectivity index (χ0v) is 17.4. The summed E-state index contributed by atoms with van der Waals surface area (Å²) in [5.41, 5.74) is 3.66. The number of fused-ring (bicyclic) bond motifs is 5. The summed E-state index contributed by atoms with van der Waals surface area (Å²) in [4.78, 5) is 2.66. The van der Waals surface area contributed by atoms with E-state index in [1.165, 1.54) is 16.8 Å². The lowest BCUT2D eigenvalue weighted by Gasteiger charge is -2.33. The molecule has 0 spiro atoms. The smallest absolute Gasteiger partial charge is 0.243 e. The van der Waals surface area contributed by atoms with Crippen molar-refractivity contribution in [1.29, 1.82) is 0 Å². The predicted molar refractivity (Wildman–Crippen MR) is 111 cm³/mol. The van der Waals surface area contributed by atoms with E-state index in [4.69, 9.17) is 9.47 Å². The van der Waals surface area contributed by atoms with Crippen molar-refractivity contribution in [2.45, 2.75) is 29.7 Å². The average Bonchev–Trinajstić information content (AvgIpc) is 3.05. The highest BCUT2D eigenvalue weighted by atomic mass is 32.2. The third-order valence-corrected chi connectivity index (χ3v) is 8.39. The first-order valence-corrected chi connectivity index (χ1v) is 11.6. The van der Waals surface area contributed by atoms with Gasteiger partial charge < -0.3 is 14.4 Å². The number of hydrogen-bond acceptors (Lipinski definition) is 5. The third kappa shape index (κ3) is 3.21. The molecule has 2 saturated heterocycles. The zero-order chi connectivity index (χ0) is 20.0. The van der Waals surface area contributed by atoms with E-state index >= 15 is 0 Å². The summed E-state index contributed by atoms with van der Waals surface area (Å²) in [5.74, 6) is 1.11. The van der Waals surface area contributed by atoms with Crippen LogP contribution in [0.15, 0.2) is 47.4 Å². The van der Waals surface area contributed by atoms with Crippen molar-refractivity contribution in [3.05, 3.63) is 53.6 Å². The Labute approximate surface area is 172 Å². The van der Waals surface area contributed by atoms with Crippen molar-refractivity contribution < 1.29 is 17.9 Å². The molecular weight excluding hydrogens is 388 g/mol. The summed E-state index contributed by atoms with van der Waals surface area (Å²) >= 11 is 0. The van der Waals surface area contributed by atoms with Crippen molar-refractivity contribution >= 4 is 15.7 Å². The maximum atomic E-state index is 13.4. The molecule has 2 atom stereocenters. The molecule has 0 amide bonds. The van der Waals surface area contributed by atoms with Crippen LogP contribution in [0.5, 0.6) is 5.75 Å². The van der Waals surface area contributed by atoms with Gasteiger partial charge >= 0.3 is 0 Å². The van der Waals surface area contributed by atoms with E-state index in [-0.39, 0.29) is 6.04 Å². The van der Waals surface area contributed by atoms with Crippen LogP contribution in [0.1, 0.15) is 35.9 Å². The van der Waals surface area contributed by atoms with Crippen LogP contribution < -0.4 is 9.64 Å². The van der Waals surface area contributed by atoms with Crippen molar-refractivity contribution in [2.75, 3.05) is 44.9 Å². The molecule has 0 unspecified atom stereocenters. The van der Waals surface area contributed by atoms with E-state index < -0.39 is 10.0 Å². The SMILES string of the molecule is COc1ccc(S(=O)(=O)N2CC[C@@H]3C[C@@H]2c2cc(N4CCOCC4)ccc23)cc1. The third-order valence-electron chi connectivity index (χ3n) is 6.46. The Morgan fingerprint density at radius 3 is 2.48 bits per heavy atom. The molecule has 0 saturated carbocycles. The van der Waals surface area contributed by atoms with Crippen LogP contribution in [0, 0.1) is 0 Å². The molecule has 2 heterocycles. The second kappa shape index (κ2) is 7.31. The summed E-state index contributed by atoms with van der Waals surface area (Å²) in [6, 6.07) is 13.2. The quantitative estimate of drug-likeness (QED) is 0.769. The first-order chi connectivity index (χ1) is 14.1. The average molecular weight is 415 g/mol. The van der Waals surface area contributed by atoms with Gasteiger partial charge in [0.1, 0.15) is 5.75 Å². The molecule has 0 N–H and O–H groups in total. The molecule has 6 nitrogen and oxygen atoms in total. The number of morpholine rings is 1. The number of hydrogen-bond donors (Lipinski definition) is 0. The second-order valence-corrected chi connectivity index (χ2v) is 9.83. The maximum Gasteiger partial charge on any atom is 0.243 e. The zero-order valence-electron chi connectivity index (χ0n) is 16.6. The number of benzene rings is 2. The first kappa shape index (κ1) is 18.9. The van der Waals surface area contributed by atoms with Gasteiger partial charge in [0.05, 0.1) is 31.3 Å². The standard InChI is InChI=1S/C22H26N2O4S/c1-27-18-3-5-19(6-4-18)29(25,26)24-9-8-16-14-22(24)21-15-17(2-7-20(16)21)23-10-12-28-13-11-23/h2-7,15-16,22H,8-14H2,1H3/t16-,22-/m1/s1. The lowest BCUT2D eigenvalue weighted by atomic mass is 9.96. The Bertz CT molecular complexity index is 1000. The van der Waals surface area contributed by atoms with Gasteiger partial charge in [0.15, 0.2) is 0 Å².